The van der Waals surface area contributed by atoms with Crippen molar-refractivity contribution in [1.82, 2.24) is 4.90 Å². The first-order valence-electron chi connectivity index (χ1n) is 7.43. The van der Waals surface area contributed by atoms with Crippen LogP contribution in [-0.4, -0.2) is 22.9 Å². The van der Waals surface area contributed by atoms with E-state index < -0.39 is 0 Å². The van der Waals surface area contributed by atoms with Gasteiger partial charge in [-0.3, -0.25) is 4.79 Å². The van der Waals surface area contributed by atoms with Gasteiger partial charge < -0.3 is 4.90 Å². The standard InChI is InChI=1S/C15H29NO/c1-5-8-14(9-6-2)15(17)16-12(3)10-7-11-13(16)4/h12-14H,5-11H2,1-4H3. The summed E-state index contributed by atoms with van der Waals surface area (Å²) < 4.78 is 0. The van der Waals surface area contributed by atoms with E-state index in [9.17, 15) is 4.79 Å². The zero-order valence-electron chi connectivity index (χ0n) is 12.0. The second-order valence-corrected chi connectivity index (χ2v) is 5.65. The first-order valence-corrected chi connectivity index (χ1v) is 7.43. The second-order valence-electron chi connectivity index (χ2n) is 5.65. The Morgan fingerprint density at radius 2 is 1.59 bits per heavy atom. The summed E-state index contributed by atoms with van der Waals surface area (Å²) in [6.07, 6.45) is 7.99. The van der Waals surface area contributed by atoms with E-state index in [1.807, 2.05) is 0 Å². The predicted molar refractivity (Wildman–Crippen MR) is 72.9 cm³/mol. The molecule has 0 saturated carbocycles. The van der Waals surface area contributed by atoms with Gasteiger partial charge in [0.25, 0.3) is 0 Å². The van der Waals surface area contributed by atoms with E-state index in [2.05, 4.69) is 32.6 Å². The number of nitrogens with zero attached hydrogens (tertiary/aromatic N) is 1. The van der Waals surface area contributed by atoms with Gasteiger partial charge in [0.2, 0.25) is 5.91 Å². The molecule has 1 aliphatic rings. The number of piperidine rings is 1. The Balaban J connectivity index is 2.69. The highest BCUT2D eigenvalue weighted by molar-refractivity contribution is 5.79. The fourth-order valence-corrected chi connectivity index (χ4v) is 3.15. The molecule has 2 unspecified atom stereocenters. The summed E-state index contributed by atoms with van der Waals surface area (Å²) in [6, 6.07) is 0.893. The molecule has 0 aromatic heterocycles. The Bertz CT molecular complexity index is 223. The van der Waals surface area contributed by atoms with Crippen molar-refractivity contribution in [3.63, 3.8) is 0 Å². The maximum Gasteiger partial charge on any atom is 0.226 e. The van der Waals surface area contributed by atoms with Gasteiger partial charge in [-0.2, -0.15) is 0 Å². The molecular weight excluding hydrogens is 210 g/mol. The van der Waals surface area contributed by atoms with E-state index in [-0.39, 0.29) is 5.92 Å². The second kappa shape index (κ2) is 7.03. The highest BCUT2D eigenvalue weighted by atomic mass is 16.2. The Morgan fingerprint density at radius 1 is 1.12 bits per heavy atom. The van der Waals surface area contributed by atoms with Gasteiger partial charge in [0.15, 0.2) is 0 Å². The van der Waals surface area contributed by atoms with Crippen LogP contribution in [0.4, 0.5) is 0 Å². The number of amides is 1. The van der Waals surface area contributed by atoms with Gasteiger partial charge in [0.1, 0.15) is 0 Å². The molecule has 0 bridgehead atoms. The van der Waals surface area contributed by atoms with Crippen LogP contribution in [0.25, 0.3) is 0 Å². The van der Waals surface area contributed by atoms with Crippen LogP contribution >= 0.6 is 0 Å². The Hall–Kier alpha value is -0.530. The lowest BCUT2D eigenvalue weighted by Gasteiger charge is -2.41. The van der Waals surface area contributed by atoms with Crippen molar-refractivity contribution in [1.29, 1.82) is 0 Å². The van der Waals surface area contributed by atoms with Crippen molar-refractivity contribution in [2.75, 3.05) is 0 Å². The quantitative estimate of drug-likeness (QED) is 0.710. The third-order valence-electron chi connectivity index (χ3n) is 4.07. The molecule has 2 atom stereocenters. The van der Waals surface area contributed by atoms with Crippen molar-refractivity contribution >= 4 is 5.91 Å². The summed E-state index contributed by atoms with van der Waals surface area (Å²) >= 11 is 0. The van der Waals surface area contributed by atoms with Crippen LogP contribution in [-0.2, 0) is 4.79 Å². The van der Waals surface area contributed by atoms with Gasteiger partial charge >= 0.3 is 0 Å². The molecule has 1 aliphatic heterocycles. The van der Waals surface area contributed by atoms with E-state index in [1.54, 1.807) is 0 Å². The largest absolute Gasteiger partial charge is 0.337 e. The minimum absolute atomic E-state index is 0.271. The lowest BCUT2D eigenvalue weighted by Crippen LogP contribution is -2.49. The number of likely N-dealkylation sites (tertiary alicyclic amines) is 1. The van der Waals surface area contributed by atoms with Gasteiger partial charge in [0, 0.05) is 18.0 Å². The fraction of sp³-hybridized carbons (Fsp3) is 0.933. The van der Waals surface area contributed by atoms with E-state index in [0.29, 0.717) is 18.0 Å². The summed E-state index contributed by atoms with van der Waals surface area (Å²) in [5, 5.41) is 0. The van der Waals surface area contributed by atoms with Gasteiger partial charge in [0.05, 0.1) is 0 Å². The van der Waals surface area contributed by atoms with Crippen LogP contribution in [0.2, 0.25) is 0 Å². The summed E-state index contributed by atoms with van der Waals surface area (Å²) in [6.45, 7) is 8.78. The Labute approximate surface area is 107 Å². The SMILES string of the molecule is CCCC(CCC)C(=O)N1C(C)CCCC1C. The minimum atomic E-state index is 0.271. The smallest absolute Gasteiger partial charge is 0.226 e. The molecule has 1 heterocycles. The van der Waals surface area contributed by atoms with Gasteiger partial charge in [-0.1, -0.05) is 26.7 Å². The van der Waals surface area contributed by atoms with Gasteiger partial charge in [-0.25, -0.2) is 0 Å². The zero-order chi connectivity index (χ0) is 12.8. The van der Waals surface area contributed by atoms with Crippen LogP contribution in [0.1, 0.15) is 72.6 Å². The van der Waals surface area contributed by atoms with Gasteiger partial charge in [-0.05, 0) is 46.0 Å². The monoisotopic (exact) mass is 239 g/mol. The van der Waals surface area contributed by atoms with E-state index in [4.69, 9.17) is 0 Å². The lowest BCUT2D eigenvalue weighted by molar-refractivity contribution is -0.142. The van der Waals surface area contributed by atoms with Crippen LogP contribution in [0.15, 0.2) is 0 Å². The molecule has 0 radical (unpaired) electrons. The average Bonchev–Trinajstić information content (AvgIpc) is 2.28. The van der Waals surface area contributed by atoms with Crippen LogP contribution in [0.5, 0.6) is 0 Å². The topological polar surface area (TPSA) is 20.3 Å². The third-order valence-corrected chi connectivity index (χ3v) is 4.07. The number of carbonyl (C=O) groups excluding carboxylic acids is 1. The van der Waals surface area contributed by atoms with Crippen molar-refractivity contribution in [3.05, 3.63) is 0 Å². The first kappa shape index (κ1) is 14.5. The number of rotatable bonds is 5. The Morgan fingerprint density at radius 3 is 2.00 bits per heavy atom. The highest BCUT2D eigenvalue weighted by Gasteiger charge is 2.32. The highest BCUT2D eigenvalue weighted by Crippen LogP contribution is 2.27. The molecule has 0 N–H and O–H groups in total. The molecule has 1 fully saturated rings. The third kappa shape index (κ3) is 3.72. The molecule has 2 nitrogen and oxygen atoms in total. The van der Waals surface area contributed by atoms with E-state index in [0.717, 1.165) is 25.7 Å². The van der Waals surface area contributed by atoms with Crippen molar-refractivity contribution in [2.24, 2.45) is 5.92 Å². The number of carbonyl (C=O) groups is 1. The number of hydrogen-bond acceptors (Lipinski definition) is 1. The van der Waals surface area contributed by atoms with Gasteiger partial charge in [-0.15, -0.1) is 0 Å². The number of hydrogen-bond donors (Lipinski definition) is 0. The molecule has 100 valence electrons. The average molecular weight is 239 g/mol. The molecular formula is C15H29NO. The molecule has 1 rings (SSSR count). The summed E-state index contributed by atoms with van der Waals surface area (Å²) in [4.78, 5) is 14.8. The summed E-state index contributed by atoms with van der Waals surface area (Å²) in [5.74, 6) is 0.696. The predicted octanol–water partition coefficient (Wildman–Crippen LogP) is 3.99. The molecule has 0 spiro atoms. The normalized spacial score (nSPS) is 25.4. The van der Waals surface area contributed by atoms with Crippen molar-refractivity contribution < 1.29 is 4.79 Å². The molecule has 0 aromatic carbocycles. The molecule has 17 heavy (non-hydrogen) atoms. The van der Waals surface area contributed by atoms with E-state index >= 15 is 0 Å². The Kier molecular flexibility index (Phi) is 6.01. The van der Waals surface area contributed by atoms with Crippen molar-refractivity contribution in [3.8, 4) is 0 Å². The maximum absolute atomic E-state index is 12.6. The summed E-state index contributed by atoms with van der Waals surface area (Å²) in [7, 11) is 0. The zero-order valence-corrected chi connectivity index (χ0v) is 12.0. The molecule has 1 saturated heterocycles. The molecule has 2 heteroatoms. The maximum atomic E-state index is 12.6. The summed E-state index contributed by atoms with van der Waals surface area (Å²) in [5.41, 5.74) is 0. The van der Waals surface area contributed by atoms with Crippen molar-refractivity contribution in [2.45, 2.75) is 84.7 Å². The van der Waals surface area contributed by atoms with E-state index in [1.165, 1.54) is 19.3 Å². The lowest BCUT2D eigenvalue weighted by atomic mass is 9.91. The molecule has 0 aromatic rings. The molecule has 0 aliphatic carbocycles. The van der Waals surface area contributed by atoms with Crippen LogP contribution in [0.3, 0.4) is 0 Å². The molecule has 1 amide bonds. The minimum Gasteiger partial charge on any atom is -0.337 e. The van der Waals surface area contributed by atoms with Crippen LogP contribution in [0, 0.1) is 5.92 Å². The first-order chi connectivity index (χ1) is 8.11. The van der Waals surface area contributed by atoms with Crippen LogP contribution < -0.4 is 0 Å². The fourth-order valence-electron chi connectivity index (χ4n) is 3.15.